The van der Waals surface area contributed by atoms with Crippen LogP contribution in [0.3, 0.4) is 0 Å². The van der Waals surface area contributed by atoms with E-state index in [1.54, 1.807) is 0 Å². The van der Waals surface area contributed by atoms with E-state index < -0.39 is 4.92 Å². The number of nitro groups is 1. The van der Waals surface area contributed by atoms with Gasteiger partial charge >= 0.3 is 5.69 Å². The number of imidazole rings is 1. The van der Waals surface area contributed by atoms with Gasteiger partial charge in [-0.3, -0.25) is 10.1 Å². The smallest absolute Gasteiger partial charge is 0.333 e. The van der Waals surface area contributed by atoms with Gasteiger partial charge in [-0.1, -0.05) is 23.7 Å². The summed E-state index contributed by atoms with van der Waals surface area (Å²) in [6, 6.07) is 7.45. The maximum atomic E-state index is 11.0. The third kappa shape index (κ3) is 2.30. The van der Waals surface area contributed by atoms with Crippen LogP contribution >= 0.6 is 23.4 Å². The molecule has 0 spiro atoms. The molecule has 2 aromatic heterocycles. The van der Waals surface area contributed by atoms with Crippen LogP contribution in [0, 0.1) is 10.1 Å². The van der Waals surface area contributed by atoms with Gasteiger partial charge in [0.25, 0.3) is 0 Å². The van der Waals surface area contributed by atoms with Gasteiger partial charge in [0, 0.05) is 0 Å². The monoisotopic (exact) mass is 307 g/mol. The summed E-state index contributed by atoms with van der Waals surface area (Å²) < 4.78 is 0. The summed E-state index contributed by atoms with van der Waals surface area (Å²) in [5, 5.41) is 11.5. The van der Waals surface area contributed by atoms with Gasteiger partial charge in [-0.05, 0) is 23.9 Å². The Morgan fingerprint density at radius 2 is 2.10 bits per heavy atom. The Hall–Kier alpha value is -2.19. The Kier molecular flexibility index (Phi) is 3.25. The Balaban J connectivity index is 2.02. The van der Waals surface area contributed by atoms with E-state index in [1.165, 1.54) is 6.33 Å². The fraction of sp³-hybridized carbons (Fsp3) is 0. The second-order valence-electron chi connectivity index (χ2n) is 3.74. The fourth-order valence-electron chi connectivity index (χ4n) is 1.64. The SMILES string of the molecule is O=[N+]([O-])c1c(Cl)ncnc1Sc1nc2ccccc2[nH]1. The van der Waals surface area contributed by atoms with E-state index in [0.29, 0.717) is 5.16 Å². The number of nitrogens with one attached hydrogen (secondary N) is 1. The second kappa shape index (κ2) is 5.06. The first-order chi connectivity index (χ1) is 9.65. The molecule has 0 aliphatic carbocycles. The van der Waals surface area contributed by atoms with Crippen molar-refractivity contribution in [3.05, 3.63) is 45.9 Å². The summed E-state index contributed by atoms with van der Waals surface area (Å²) >= 11 is 6.77. The van der Waals surface area contributed by atoms with Crippen molar-refractivity contribution in [3.63, 3.8) is 0 Å². The molecular weight excluding hydrogens is 302 g/mol. The molecule has 0 bridgehead atoms. The lowest BCUT2D eigenvalue weighted by Gasteiger charge is -1.99. The molecule has 2 heterocycles. The number of H-pyrrole nitrogens is 1. The molecule has 7 nitrogen and oxygen atoms in total. The number of aromatic nitrogens is 4. The predicted molar refractivity (Wildman–Crippen MR) is 73.9 cm³/mol. The van der Waals surface area contributed by atoms with Gasteiger partial charge in [0.05, 0.1) is 16.0 Å². The Morgan fingerprint density at radius 1 is 1.30 bits per heavy atom. The number of nitrogens with zero attached hydrogens (tertiary/aromatic N) is 4. The topological polar surface area (TPSA) is 97.6 Å². The number of hydrogen-bond acceptors (Lipinski definition) is 6. The van der Waals surface area contributed by atoms with Crippen LogP contribution < -0.4 is 0 Å². The van der Waals surface area contributed by atoms with Gasteiger partial charge in [0.15, 0.2) is 10.2 Å². The zero-order valence-corrected chi connectivity index (χ0v) is 11.4. The summed E-state index contributed by atoms with van der Waals surface area (Å²) in [4.78, 5) is 25.3. The quantitative estimate of drug-likeness (QED) is 0.453. The highest BCUT2D eigenvalue weighted by Gasteiger charge is 2.23. The first kappa shape index (κ1) is 12.8. The van der Waals surface area contributed by atoms with Gasteiger partial charge < -0.3 is 4.98 Å². The van der Waals surface area contributed by atoms with Crippen molar-refractivity contribution in [2.45, 2.75) is 10.2 Å². The number of fused-ring (bicyclic) bond motifs is 1. The van der Waals surface area contributed by atoms with E-state index in [1.807, 2.05) is 24.3 Å². The van der Waals surface area contributed by atoms with Crippen molar-refractivity contribution < 1.29 is 4.92 Å². The first-order valence-electron chi connectivity index (χ1n) is 5.42. The third-order valence-electron chi connectivity index (χ3n) is 2.49. The third-order valence-corrected chi connectivity index (χ3v) is 3.64. The molecule has 1 N–H and O–H groups in total. The molecule has 0 aliphatic rings. The van der Waals surface area contributed by atoms with Gasteiger partial charge in [-0.15, -0.1) is 0 Å². The molecule has 0 unspecified atom stereocenters. The zero-order valence-electron chi connectivity index (χ0n) is 9.78. The van der Waals surface area contributed by atoms with E-state index in [0.717, 1.165) is 22.8 Å². The summed E-state index contributed by atoms with van der Waals surface area (Å²) in [5.41, 5.74) is 1.30. The molecule has 3 aromatic rings. The van der Waals surface area contributed by atoms with Gasteiger partial charge in [0.1, 0.15) is 6.33 Å². The van der Waals surface area contributed by atoms with Crippen molar-refractivity contribution in [1.82, 2.24) is 19.9 Å². The number of halogens is 1. The molecule has 100 valence electrons. The summed E-state index contributed by atoms with van der Waals surface area (Å²) in [5.74, 6) is 0. The van der Waals surface area contributed by atoms with Crippen LogP contribution in [0.2, 0.25) is 5.15 Å². The number of para-hydroxylation sites is 2. The van der Waals surface area contributed by atoms with Gasteiger partial charge in [-0.25, -0.2) is 15.0 Å². The highest BCUT2D eigenvalue weighted by molar-refractivity contribution is 7.99. The molecule has 0 atom stereocenters. The fourth-order valence-corrected chi connectivity index (χ4v) is 2.75. The molecule has 3 rings (SSSR count). The molecule has 0 saturated heterocycles. The average molecular weight is 308 g/mol. The highest BCUT2D eigenvalue weighted by Crippen LogP contribution is 2.35. The van der Waals surface area contributed by atoms with E-state index >= 15 is 0 Å². The maximum Gasteiger partial charge on any atom is 0.338 e. The zero-order chi connectivity index (χ0) is 14.1. The lowest BCUT2D eigenvalue weighted by molar-refractivity contribution is -0.388. The summed E-state index contributed by atoms with van der Waals surface area (Å²) in [7, 11) is 0. The van der Waals surface area contributed by atoms with E-state index in [2.05, 4.69) is 19.9 Å². The summed E-state index contributed by atoms with van der Waals surface area (Å²) in [6.07, 6.45) is 1.18. The second-order valence-corrected chi connectivity index (χ2v) is 5.07. The number of hydrogen-bond donors (Lipinski definition) is 1. The highest BCUT2D eigenvalue weighted by atomic mass is 35.5. The average Bonchev–Trinajstić information content (AvgIpc) is 2.80. The van der Waals surface area contributed by atoms with Crippen LogP contribution in [0.15, 0.2) is 40.8 Å². The van der Waals surface area contributed by atoms with Crippen molar-refractivity contribution >= 4 is 40.1 Å². The van der Waals surface area contributed by atoms with Crippen LogP contribution in [0.4, 0.5) is 5.69 Å². The van der Waals surface area contributed by atoms with Crippen LogP contribution in [0.1, 0.15) is 0 Å². The van der Waals surface area contributed by atoms with E-state index in [4.69, 9.17) is 11.6 Å². The Bertz CT molecular complexity index is 773. The number of rotatable bonds is 3. The molecule has 20 heavy (non-hydrogen) atoms. The molecule has 9 heteroatoms. The maximum absolute atomic E-state index is 11.0. The molecule has 1 aromatic carbocycles. The molecule has 0 amide bonds. The van der Waals surface area contributed by atoms with Crippen LogP contribution in [0.5, 0.6) is 0 Å². The van der Waals surface area contributed by atoms with Crippen molar-refractivity contribution in [1.29, 1.82) is 0 Å². The first-order valence-corrected chi connectivity index (χ1v) is 6.62. The van der Waals surface area contributed by atoms with Gasteiger partial charge in [-0.2, -0.15) is 0 Å². The standard InChI is InChI=1S/C11H6ClN5O2S/c12-9-8(17(18)19)10(14-5-13-9)20-11-15-6-3-1-2-4-7(6)16-11/h1-5H,(H,15,16). The van der Waals surface area contributed by atoms with Crippen LogP contribution in [-0.4, -0.2) is 24.9 Å². The van der Waals surface area contributed by atoms with Crippen molar-refractivity contribution in [2.75, 3.05) is 0 Å². The van der Waals surface area contributed by atoms with E-state index in [-0.39, 0.29) is 15.9 Å². The predicted octanol–water partition coefficient (Wildman–Crippen LogP) is 3.07. The molecule has 0 fully saturated rings. The molecule has 0 aliphatic heterocycles. The van der Waals surface area contributed by atoms with Gasteiger partial charge in [0.2, 0.25) is 5.15 Å². The molecule has 0 radical (unpaired) electrons. The lowest BCUT2D eigenvalue weighted by Crippen LogP contribution is -1.96. The number of aromatic amines is 1. The minimum atomic E-state index is -0.604. The largest absolute Gasteiger partial charge is 0.338 e. The minimum Gasteiger partial charge on any atom is -0.333 e. The normalized spacial score (nSPS) is 10.8. The summed E-state index contributed by atoms with van der Waals surface area (Å²) in [6.45, 7) is 0. The molecule has 0 saturated carbocycles. The van der Waals surface area contributed by atoms with E-state index in [9.17, 15) is 10.1 Å². The lowest BCUT2D eigenvalue weighted by atomic mass is 10.3. The van der Waals surface area contributed by atoms with Crippen LogP contribution in [0.25, 0.3) is 11.0 Å². The van der Waals surface area contributed by atoms with Crippen molar-refractivity contribution in [3.8, 4) is 0 Å². The minimum absolute atomic E-state index is 0.147. The molecular formula is C11H6ClN5O2S. The number of benzene rings is 1. The van der Waals surface area contributed by atoms with Crippen molar-refractivity contribution in [2.24, 2.45) is 0 Å². The Labute approximate surface area is 121 Å². The van der Waals surface area contributed by atoms with Crippen LogP contribution in [-0.2, 0) is 0 Å². The Morgan fingerprint density at radius 3 is 2.85 bits per heavy atom.